The van der Waals surface area contributed by atoms with E-state index in [0.29, 0.717) is 9.90 Å². The van der Waals surface area contributed by atoms with Crippen LogP contribution in [-0.4, -0.2) is 9.90 Å². The smallest absolute Gasteiger partial charge is 0.0607 e. The lowest BCUT2D eigenvalue weighted by atomic mass is 10.0. The molecule has 4 saturated carbocycles. The first-order valence-corrected chi connectivity index (χ1v) is 12.9. The van der Waals surface area contributed by atoms with Crippen LogP contribution in [0.25, 0.3) is 0 Å². The molecule has 0 radical (unpaired) electrons. The SMILES string of the molecule is S=P(S)(SC12CCC(CC1)C2)C12CCC(CC1)C2. The van der Waals surface area contributed by atoms with Crippen LogP contribution in [0.4, 0.5) is 0 Å². The van der Waals surface area contributed by atoms with Gasteiger partial charge in [-0.2, -0.15) is 0 Å². The van der Waals surface area contributed by atoms with Crippen molar-refractivity contribution < 1.29 is 0 Å². The first-order chi connectivity index (χ1) is 8.53. The van der Waals surface area contributed by atoms with Gasteiger partial charge >= 0.3 is 0 Å². The summed E-state index contributed by atoms with van der Waals surface area (Å²) < 4.78 is -0.909. The molecular weight excluding hydrogens is 295 g/mol. The van der Waals surface area contributed by atoms with Crippen LogP contribution in [0.5, 0.6) is 0 Å². The minimum Gasteiger partial charge on any atom is -0.131 e. The van der Waals surface area contributed by atoms with Crippen LogP contribution in [-0.2, 0) is 11.8 Å². The summed E-state index contributed by atoms with van der Waals surface area (Å²) in [4.78, 5) is 0. The van der Waals surface area contributed by atoms with Crippen molar-refractivity contribution in [2.75, 3.05) is 0 Å². The van der Waals surface area contributed by atoms with Crippen LogP contribution in [0.3, 0.4) is 0 Å². The van der Waals surface area contributed by atoms with E-state index in [9.17, 15) is 0 Å². The summed E-state index contributed by atoms with van der Waals surface area (Å²) in [6.45, 7) is 0. The molecule has 0 N–H and O–H groups in total. The van der Waals surface area contributed by atoms with E-state index in [2.05, 4.69) is 11.4 Å². The predicted molar refractivity (Wildman–Crippen MR) is 89.5 cm³/mol. The van der Waals surface area contributed by atoms with Crippen LogP contribution >= 0.6 is 28.1 Å². The van der Waals surface area contributed by atoms with E-state index in [1.807, 2.05) is 0 Å². The molecular formula is C14H23PS3. The summed E-state index contributed by atoms with van der Waals surface area (Å²) in [5.41, 5.74) is 0. The molecule has 4 bridgehead atoms. The zero-order valence-corrected chi connectivity index (χ0v) is 14.4. The number of thiol groups is 1. The molecule has 0 heterocycles. The highest BCUT2D eigenvalue weighted by atomic mass is 33.2. The molecule has 0 spiro atoms. The average Bonchev–Trinajstić information content (AvgIpc) is 3.08. The maximum atomic E-state index is 6.17. The van der Waals surface area contributed by atoms with Gasteiger partial charge in [-0.15, -0.1) is 23.6 Å². The van der Waals surface area contributed by atoms with Gasteiger partial charge in [-0.3, -0.25) is 0 Å². The normalized spacial score (nSPS) is 52.9. The molecule has 0 aliphatic heterocycles. The van der Waals surface area contributed by atoms with Crippen LogP contribution in [0.2, 0.25) is 0 Å². The van der Waals surface area contributed by atoms with Gasteiger partial charge in [0.1, 0.15) is 0 Å². The number of hydrogen-bond acceptors (Lipinski definition) is 2. The van der Waals surface area contributed by atoms with Crippen LogP contribution < -0.4 is 0 Å². The van der Waals surface area contributed by atoms with E-state index in [4.69, 9.17) is 24.1 Å². The van der Waals surface area contributed by atoms with Gasteiger partial charge in [0.05, 0.1) is 4.44 Å². The molecule has 0 aromatic carbocycles. The molecule has 18 heavy (non-hydrogen) atoms. The minimum absolute atomic E-state index is 0.510. The van der Waals surface area contributed by atoms with Crippen molar-refractivity contribution >= 4 is 39.9 Å². The number of rotatable bonds is 3. The Labute approximate surface area is 125 Å². The molecule has 4 fully saturated rings. The second-order valence-corrected chi connectivity index (χ2v) is 18.3. The number of fused-ring (bicyclic) bond motifs is 4. The zero-order chi connectivity index (χ0) is 12.4. The highest BCUT2D eigenvalue weighted by molar-refractivity contribution is 8.97. The lowest BCUT2D eigenvalue weighted by Gasteiger charge is -2.41. The monoisotopic (exact) mass is 318 g/mol. The van der Waals surface area contributed by atoms with E-state index >= 15 is 0 Å². The van der Waals surface area contributed by atoms with Gasteiger partial charge in [-0.05, 0) is 76.0 Å². The summed E-state index contributed by atoms with van der Waals surface area (Å²) >= 11 is 13.6. The summed E-state index contributed by atoms with van der Waals surface area (Å²) in [5.74, 6) is 2.05. The van der Waals surface area contributed by atoms with Crippen molar-refractivity contribution in [1.29, 1.82) is 0 Å². The molecule has 4 rings (SSSR count). The summed E-state index contributed by atoms with van der Waals surface area (Å²) in [5, 5.41) is 0.510. The van der Waals surface area contributed by atoms with Gasteiger partial charge < -0.3 is 0 Å². The second-order valence-electron chi connectivity index (χ2n) is 7.31. The Morgan fingerprint density at radius 1 is 0.944 bits per heavy atom. The Balaban J connectivity index is 1.58. The average molecular weight is 319 g/mol. The van der Waals surface area contributed by atoms with Crippen molar-refractivity contribution in [3.8, 4) is 0 Å². The summed E-state index contributed by atoms with van der Waals surface area (Å²) in [6.07, 6.45) is 14.5. The van der Waals surface area contributed by atoms with Crippen molar-refractivity contribution in [3.05, 3.63) is 0 Å². The van der Waals surface area contributed by atoms with Crippen LogP contribution in [0.15, 0.2) is 0 Å². The van der Waals surface area contributed by atoms with E-state index in [0.717, 1.165) is 11.8 Å². The predicted octanol–water partition coefficient (Wildman–Crippen LogP) is 5.62. The fourth-order valence-corrected chi connectivity index (χ4v) is 16.2. The van der Waals surface area contributed by atoms with Crippen LogP contribution in [0.1, 0.15) is 64.2 Å². The topological polar surface area (TPSA) is 0 Å². The van der Waals surface area contributed by atoms with Crippen molar-refractivity contribution in [3.63, 3.8) is 0 Å². The molecule has 0 saturated heterocycles. The molecule has 4 aliphatic carbocycles. The third-order valence-electron chi connectivity index (χ3n) is 6.30. The van der Waals surface area contributed by atoms with Gasteiger partial charge in [0.15, 0.2) is 0 Å². The van der Waals surface area contributed by atoms with Gasteiger partial charge in [-0.1, -0.05) is 11.8 Å². The van der Waals surface area contributed by atoms with Crippen LogP contribution in [0, 0.1) is 11.8 Å². The Morgan fingerprint density at radius 3 is 1.94 bits per heavy atom. The van der Waals surface area contributed by atoms with Crippen molar-refractivity contribution in [1.82, 2.24) is 0 Å². The molecule has 102 valence electrons. The van der Waals surface area contributed by atoms with Gasteiger partial charge in [0.25, 0.3) is 0 Å². The van der Waals surface area contributed by atoms with Crippen molar-refractivity contribution in [2.24, 2.45) is 11.8 Å². The lowest BCUT2D eigenvalue weighted by molar-refractivity contribution is 0.497. The van der Waals surface area contributed by atoms with E-state index in [1.165, 1.54) is 64.2 Å². The zero-order valence-electron chi connectivity index (χ0n) is 10.9. The molecule has 0 amide bonds. The molecule has 0 aromatic rings. The van der Waals surface area contributed by atoms with E-state index in [1.54, 1.807) is 0 Å². The maximum absolute atomic E-state index is 6.17. The molecule has 0 aromatic heterocycles. The third kappa shape index (κ3) is 1.83. The minimum atomic E-state index is -1.49. The van der Waals surface area contributed by atoms with Gasteiger partial charge in [0, 0.05) is 9.90 Å². The largest absolute Gasteiger partial charge is 0.131 e. The standard InChI is InChI=1S/C14H23PS3/c16-15(17,13-5-1-11(9-13)2-6-13)18-14-7-3-12(10-14)4-8-14/h11-12H,1-10H2,(H,16,17). The fourth-order valence-electron chi connectivity index (χ4n) is 5.18. The van der Waals surface area contributed by atoms with E-state index < -0.39 is 4.44 Å². The van der Waals surface area contributed by atoms with E-state index in [-0.39, 0.29) is 0 Å². The molecule has 4 aliphatic rings. The number of hydrogen-bond donors (Lipinski definition) is 1. The Kier molecular flexibility index (Phi) is 3.03. The van der Waals surface area contributed by atoms with Gasteiger partial charge in [-0.25, -0.2) is 0 Å². The molecule has 1 unspecified atom stereocenters. The molecule has 4 heteroatoms. The second kappa shape index (κ2) is 4.18. The first-order valence-electron chi connectivity index (χ1n) is 7.56. The first kappa shape index (κ1) is 13.0. The fraction of sp³-hybridized carbons (Fsp3) is 1.00. The van der Waals surface area contributed by atoms with Gasteiger partial charge in [0.2, 0.25) is 0 Å². The quantitative estimate of drug-likeness (QED) is 0.529. The summed E-state index contributed by atoms with van der Waals surface area (Å²) in [7, 11) is 0. The Hall–Kier alpha value is 1.35. The Morgan fingerprint density at radius 2 is 1.50 bits per heavy atom. The highest BCUT2D eigenvalue weighted by Gasteiger charge is 2.56. The third-order valence-corrected chi connectivity index (χ3v) is 16.2. The Bertz CT molecular complexity index is 403. The van der Waals surface area contributed by atoms with Crippen molar-refractivity contribution in [2.45, 2.75) is 74.1 Å². The highest BCUT2D eigenvalue weighted by Crippen LogP contribution is 2.84. The molecule has 0 nitrogen and oxygen atoms in total. The molecule has 1 atom stereocenters. The lowest BCUT2D eigenvalue weighted by Crippen LogP contribution is -2.24. The maximum Gasteiger partial charge on any atom is 0.0607 e. The summed E-state index contributed by atoms with van der Waals surface area (Å²) in [6, 6.07) is 0.